The number of aliphatic imine (C=N–C) groups is 1. The second kappa shape index (κ2) is 5.58. The Morgan fingerprint density at radius 2 is 1.88 bits per heavy atom. The summed E-state index contributed by atoms with van der Waals surface area (Å²) in [5.41, 5.74) is -0.723. The Bertz CT molecular complexity index is 524. The lowest BCUT2D eigenvalue weighted by Crippen LogP contribution is -2.68. The van der Waals surface area contributed by atoms with Gasteiger partial charge in [0.05, 0.1) is 12.1 Å². The second-order valence-corrected chi connectivity index (χ2v) is 8.31. The maximum atomic E-state index is 10.7. The Labute approximate surface area is 143 Å². The summed E-state index contributed by atoms with van der Waals surface area (Å²) >= 11 is 0. The van der Waals surface area contributed by atoms with Gasteiger partial charge >= 0.3 is 0 Å². The summed E-state index contributed by atoms with van der Waals surface area (Å²) in [7, 11) is 0. The zero-order valence-electron chi connectivity index (χ0n) is 14.4. The molecular formula is C18H29N3O3. The van der Waals surface area contributed by atoms with E-state index in [0.29, 0.717) is 6.04 Å². The van der Waals surface area contributed by atoms with Crippen LogP contribution in [0.2, 0.25) is 0 Å². The zero-order chi connectivity index (χ0) is 16.2. The Morgan fingerprint density at radius 3 is 2.75 bits per heavy atom. The molecule has 0 saturated carbocycles. The molecule has 5 rings (SSSR count). The lowest BCUT2D eigenvalue weighted by atomic mass is 9.91. The summed E-state index contributed by atoms with van der Waals surface area (Å²) < 4.78 is 12.4. The van der Waals surface area contributed by atoms with E-state index in [-0.39, 0.29) is 17.9 Å². The van der Waals surface area contributed by atoms with Gasteiger partial charge < -0.3 is 24.8 Å². The van der Waals surface area contributed by atoms with Crippen molar-refractivity contribution in [3.05, 3.63) is 0 Å². The van der Waals surface area contributed by atoms with Crippen molar-refractivity contribution in [3.63, 3.8) is 0 Å². The van der Waals surface area contributed by atoms with Gasteiger partial charge in [-0.1, -0.05) is 6.42 Å². The highest BCUT2D eigenvalue weighted by Crippen LogP contribution is 2.45. The first kappa shape index (κ1) is 15.4. The molecular weight excluding hydrogens is 306 g/mol. The van der Waals surface area contributed by atoms with Gasteiger partial charge in [0.15, 0.2) is 11.7 Å². The highest BCUT2D eigenvalue weighted by atomic mass is 16.5. The number of rotatable bonds is 0. The van der Waals surface area contributed by atoms with Crippen molar-refractivity contribution in [2.24, 2.45) is 4.99 Å². The number of hydrogen-bond acceptors (Lipinski definition) is 6. The number of nitrogens with zero attached hydrogens (tertiary/aromatic N) is 2. The third-order valence-electron chi connectivity index (χ3n) is 6.63. The standard InChI is InChI=1S/C18H29N3O3/c22-15-10-13-11-17(6-2-1-4-8-23-17)19-16-20-18(7-3-5-9-24-18)12-14(15)21(13)16/h13-15,22H,1-12H2,(H,19,20)/t13-,14-,15-,17-,18+/m0/s1. The monoisotopic (exact) mass is 335 g/mol. The van der Waals surface area contributed by atoms with Crippen LogP contribution in [0.3, 0.4) is 0 Å². The van der Waals surface area contributed by atoms with Gasteiger partial charge in [-0.15, -0.1) is 0 Å². The quantitative estimate of drug-likeness (QED) is 0.706. The predicted octanol–water partition coefficient (Wildman–Crippen LogP) is 1.73. The van der Waals surface area contributed by atoms with Gasteiger partial charge in [0.1, 0.15) is 5.72 Å². The molecule has 0 bridgehead atoms. The molecule has 2 N–H and O–H groups in total. The van der Waals surface area contributed by atoms with Gasteiger partial charge in [-0.3, -0.25) is 0 Å². The Morgan fingerprint density at radius 1 is 1.04 bits per heavy atom. The summed E-state index contributed by atoms with van der Waals surface area (Å²) in [6, 6.07) is 0.472. The molecule has 0 unspecified atom stereocenters. The number of aliphatic hydroxyl groups is 1. The molecule has 0 aromatic heterocycles. The molecule has 0 aromatic rings. The third kappa shape index (κ3) is 2.37. The Hall–Kier alpha value is -0.850. The van der Waals surface area contributed by atoms with Crippen LogP contribution in [0, 0.1) is 0 Å². The number of ether oxygens (including phenoxy) is 2. The highest BCUT2D eigenvalue weighted by molar-refractivity contribution is 5.84. The molecule has 5 atom stereocenters. The SMILES string of the molecule is O[C@H]1C[C@H]2C[C@@]3(CCCCCO3)NC3=N[C@@]4(CCCCO4)C[C@@H]1N32. The first-order chi connectivity index (χ1) is 11.7. The molecule has 0 aliphatic carbocycles. The van der Waals surface area contributed by atoms with Crippen molar-refractivity contribution in [1.82, 2.24) is 10.2 Å². The summed E-state index contributed by atoms with van der Waals surface area (Å²) in [5.74, 6) is 0.919. The fourth-order valence-corrected chi connectivity index (χ4v) is 5.48. The van der Waals surface area contributed by atoms with Gasteiger partial charge in [0, 0.05) is 32.1 Å². The molecule has 4 fully saturated rings. The maximum Gasteiger partial charge on any atom is 0.199 e. The van der Waals surface area contributed by atoms with E-state index in [0.717, 1.165) is 70.5 Å². The van der Waals surface area contributed by atoms with Crippen molar-refractivity contribution in [1.29, 1.82) is 0 Å². The fourth-order valence-electron chi connectivity index (χ4n) is 5.48. The first-order valence-corrected chi connectivity index (χ1v) is 9.81. The van der Waals surface area contributed by atoms with Gasteiger partial charge in [-0.25, -0.2) is 4.99 Å². The van der Waals surface area contributed by atoms with Crippen LogP contribution in [-0.4, -0.2) is 58.8 Å². The van der Waals surface area contributed by atoms with Gasteiger partial charge in [-0.05, 0) is 44.9 Å². The molecule has 5 aliphatic rings. The molecule has 134 valence electrons. The summed E-state index contributed by atoms with van der Waals surface area (Å²) in [5, 5.41) is 14.4. The lowest BCUT2D eigenvalue weighted by Gasteiger charge is -2.52. The van der Waals surface area contributed by atoms with Crippen molar-refractivity contribution in [2.75, 3.05) is 13.2 Å². The summed E-state index contributed by atoms with van der Waals surface area (Å²) in [6.07, 6.45) is 10.2. The molecule has 4 saturated heterocycles. The van der Waals surface area contributed by atoms with Gasteiger partial charge in [-0.2, -0.15) is 0 Å². The van der Waals surface area contributed by atoms with Crippen LogP contribution >= 0.6 is 0 Å². The average Bonchev–Trinajstić information content (AvgIpc) is 2.74. The molecule has 24 heavy (non-hydrogen) atoms. The zero-order valence-corrected chi connectivity index (χ0v) is 14.4. The third-order valence-corrected chi connectivity index (χ3v) is 6.63. The number of nitrogens with one attached hydrogen (secondary N) is 1. The van der Waals surface area contributed by atoms with Gasteiger partial charge in [0.2, 0.25) is 0 Å². The maximum absolute atomic E-state index is 10.7. The Balaban J connectivity index is 1.50. The van der Waals surface area contributed by atoms with Crippen LogP contribution in [0.15, 0.2) is 4.99 Å². The van der Waals surface area contributed by atoms with E-state index in [1.165, 1.54) is 12.8 Å². The molecule has 0 radical (unpaired) electrons. The van der Waals surface area contributed by atoms with Crippen LogP contribution in [0.4, 0.5) is 0 Å². The Kier molecular flexibility index (Phi) is 3.58. The van der Waals surface area contributed by atoms with E-state index in [1.807, 2.05) is 0 Å². The minimum atomic E-state index is -0.430. The number of guanidine groups is 1. The summed E-state index contributed by atoms with van der Waals surface area (Å²) in [6.45, 7) is 1.60. The molecule has 0 amide bonds. The van der Waals surface area contributed by atoms with Crippen LogP contribution in [0.25, 0.3) is 0 Å². The second-order valence-electron chi connectivity index (χ2n) is 8.31. The fraction of sp³-hybridized carbons (Fsp3) is 0.944. The van der Waals surface area contributed by atoms with Gasteiger partial charge in [0.25, 0.3) is 0 Å². The smallest absolute Gasteiger partial charge is 0.199 e. The van der Waals surface area contributed by atoms with E-state index in [2.05, 4.69) is 10.2 Å². The van der Waals surface area contributed by atoms with Crippen LogP contribution in [0.1, 0.15) is 64.2 Å². The van der Waals surface area contributed by atoms with E-state index < -0.39 is 5.72 Å². The van der Waals surface area contributed by atoms with Crippen LogP contribution in [-0.2, 0) is 9.47 Å². The van der Waals surface area contributed by atoms with Crippen molar-refractivity contribution >= 4 is 5.96 Å². The molecule has 6 heteroatoms. The summed E-state index contributed by atoms with van der Waals surface area (Å²) in [4.78, 5) is 7.41. The topological polar surface area (TPSA) is 66.3 Å². The van der Waals surface area contributed by atoms with Crippen molar-refractivity contribution < 1.29 is 14.6 Å². The normalized spacial score (nSPS) is 48.0. The van der Waals surface area contributed by atoms with Crippen LogP contribution in [0.5, 0.6) is 0 Å². The van der Waals surface area contributed by atoms with Crippen molar-refractivity contribution in [3.8, 4) is 0 Å². The highest BCUT2D eigenvalue weighted by Gasteiger charge is 2.56. The average molecular weight is 335 g/mol. The van der Waals surface area contributed by atoms with E-state index in [1.54, 1.807) is 0 Å². The van der Waals surface area contributed by atoms with E-state index in [9.17, 15) is 5.11 Å². The molecule has 5 aliphatic heterocycles. The number of hydrogen-bond donors (Lipinski definition) is 2. The molecule has 6 nitrogen and oxygen atoms in total. The molecule has 5 heterocycles. The van der Waals surface area contributed by atoms with Crippen molar-refractivity contribution in [2.45, 2.75) is 93.8 Å². The first-order valence-electron chi connectivity index (χ1n) is 9.81. The lowest BCUT2D eigenvalue weighted by molar-refractivity contribution is -0.116. The largest absolute Gasteiger partial charge is 0.391 e. The molecule has 0 aromatic carbocycles. The molecule has 2 spiro atoms. The predicted molar refractivity (Wildman–Crippen MR) is 89.5 cm³/mol. The van der Waals surface area contributed by atoms with E-state index in [4.69, 9.17) is 14.5 Å². The van der Waals surface area contributed by atoms with E-state index >= 15 is 0 Å². The van der Waals surface area contributed by atoms with Crippen LogP contribution < -0.4 is 5.32 Å². The minimum absolute atomic E-state index is 0.135. The minimum Gasteiger partial charge on any atom is -0.391 e. The number of aliphatic hydroxyl groups excluding tert-OH is 1.